The predicted octanol–water partition coefficient (Wildman–Crippen LogP) is 2.82. The van der Waals surface area contributed by atoms with Crippen LogP contribution in [0.4, 0.5) is 5.69 Å². The van der Waals surface area contributed by atoms with Crippen molar-refractivity contribution in [2.75, 3.05) is 19.2 Å². The van der Waals surface area contributed by atoms with Crippen LogP contribution < -0.4 is 14.5 Å². The molecular weight excluding hydrogens is 352 g/mol. The number of anilines is 1. The number of nitroso groups, excluding NO2 is 1. The molecule has 8 heteroatoms. The molecule has 0 aliphatic heterocycles. The van der Waals surface area contributed by atoms with Crippen LogP contribution in [0.15, 0.2) is 29.6 Å². The predicted molar refractivity (Wildman–Crippen MR) is 96.5 cm³/mol. The number of nitrogens with zero attached hydrogens (tertiary/aromatic N) is 2. The summed E-state index contributed by atoms with van der Waals surface area (Å²) in [6.07, 6.45) is 0. The van der Waals surface area contributed by atoms with Crippen molar-refractivity contribution in [2.45, 2.75) is 13.8 Å². The molecule has 2 aromatic rings. The molecule has 0 aromatic heterocycles. The zero-order chi connectivity index (χ0) is 19.9. The van der Waals surface area contributed by atoms with Gasteiger partial charge in [-0.05, 0) is 6.92 Å². The first-order chi connectivity index (χ1) is 12.9. The molecule has 8 nitrogen and oxygen atoms in total. The number of ether oxygens (including phenoxy) is 2. The lowest BCUT2D eigenvalue weighted by Gasteiger charge is -2.27. The van der Waals surface area contributed by atoms with Gasteiger partial charge in [0.05, 0.1) is 30.6 Å². The highest BCUT2D eigenvalue weighted by Crippen LogP contribution is 2.47. The summed E-state index contributed by atoms with van der Waals surface area (Å²) in [4.78, 5) is 49.4. The fourth-order valence-electron chi connectivity index (χ4n) is 3.36. The monoisotopic (exact) mass is 368 g/mol. The Morgan fingerprint density at radius 2 is 1.44 bits per heavy atom. The molecule has 0 heterocycles. The van der Waals surface area contributed by atoms with E-state index in [2.05, 4.69) is 5.29 Å². The van der Waals surface area contributed by atoms with E-state index in [0.29, 0.717) is 5.01 Å². The third kappa shape index (κ3) is 2.49. The Balaban J connectivity index is 2.48. The molecular formula is C19H16N2O6. The lowest BCUT2D eigenvalue weighted by Crippen LogP contribution is -2.27. The third-order valence-corrected chi connectivity index (χ3v) is 4.49. The average Bonchev–Trinajstić information content (AvgIpc) is 2.66. The summed E-state index contributed by atoms with van der Waals surface area (Å²) in [5, 5.41) is 3.32. The molecule has 0 saturated carbocycles. The molecule has 2 aromatic carbocycles. The van der Waals surface area contributed by atoms with E-state index in [1.165, 1.54) is 20.3 Å². The maximum atomic E-state index is 13.1. The van der Waals surface area contributed by atoms with Crippen LogP contribution in [0.1, 0.15) is 44.3 Å². The normalized spacial score (nSPS) is 12.1. The topological polar surface area (TPSA) is 102 Å². The van der Waals surface area contributed by atoms with Crippen LogP contribution in [0.5, 0.6) is 11.5 Å². The largest absolute Gasteiger partial charge is 0.496 e. The Morgan fingerprint density at radius 1 is 0.963 bits per heavy atom. The number of hydrogen-bond donors (Lipinski definition) is 0. The van der Waals surface area contributed by atoms with Gasteiger partial charge >= 0.3 is 0 Å². The zero-order valence-corrected chi connectivity index (χ0v) is 15.2. The van der Waals surface area contributed by atoms with E-state index in [4.69, 9.17) is 9.47 Å². The third-order valence-electron chi connectivity index (χ3n) is 4.49. The van der Waals surface area contributed by atoms with Crippen LogP contribution in [0.25, 0.3) is 0 Å². The van der Waals surface area contributed by atoms with Crippen molar-refractivity contribution in [2.24, 2.45) is 5.29 Å². The summed E-state index contributed by atoms with van der Waals surface area (Å²) in [5.74, 6) is -1.54. The molecule has 0 spiro atoms. The van der Waals surface area contributed by atoms with Crippen molar-refractivity contribution in [3.05, 3.63) is 57.0 Å². The molecule has 3 rings (SSSR count). The van der Waals surface area contributed by atoms with Gasteiger partial charge in [-0.15, -0.1) is 4.91 Å². The standard InChI is InChI=1S/C19H16N2O6/c1-9-15(21(20-25)10(2)22)19(27-4)14-13(18(9)26-3)16(23)11-7-5-6-8-12(11)17(14)24/h5-8H,1-4H3. The van der Waals surface area contributed by atoms with Crippen LogP contribution in [0.2, 0.25) is 0 Å². The number of carbonyl (C=O) groups is 3. The van der Waals surface area contributed by atoms with Gasteiger partial charge in [-0.2, -0.15) is 5.01 Å². The Hall–Kier alpha value is -3.55. The summed E-state index contributed by atoms with van der Waals surface area (Å²) in [6, 6.07) is 6.39. The van der Waals surface area contributed by atoms with E-state index in [1.807, 2.05) is 0 Å². The van der Waals surface area contributed by atoms with Gasteiger partial charge in [-0.3, -0.25) is 14.4 Å². The van der Waals surface area contributed by atoms with E-state index in [9.17, 15) is 19.3 Å². The Labute approximate surface area is 154 Å². The number of fused-ring (bicyclic) bond motifs is 2. The van der Waals surface area contributed by atoms with Crippen molar-refractivity contribution >= 4 is 23.2 Å². The second kappa shape index (κ2) is 6.64. The fourth-order valence-corrected chi connectivity index (χ4v) is 3.36. The summed E-state index contributed by atoms with van der Waals surface area (Å²) in [5.41, 5.74) is 0.680. The van der Waals surface area contributed by atoms with Crippen LogP contribution in [0, 0.1) is 11.8 Å². The van der Waals surface area contributed by atoms with Crippen LogP contribution in [0.3, 0.4) is 0 Å². The Kier molecular flexibility index (Phi) is 4.49. The molecule has 0 radical (unpaired) electrons. The molecule has 1 aliphatic rings. The maximum Gasteiger partial charge on any atom is 0.247 e. The molecule has 0 fully saturated rings. The quantitative estimate of drug-likeness (QED) is 0.518. The molecule has 0 atom stereocenters. The zero-order valence-electron chi connectivity index (χ0n) is 15.2. The second-order valence-electron chi connectivity index (χ2n) is 5.91. The van der Waals surface area contributed by atoms with Gasteiger partial charge in [0.15, 0.2) is 17.3 Å². The number of amides is 1. The minimum Gasteiger partial charge on any atom is -0.496 e. The smallest absolute Gasteiger partial charge is 0.247 e. The summed E-state index contributed by atoms with van der Waals surface area (Å²) < 4.78 is 10.8. The Bertz CT molecular complexity index is 1010. The van der Waals surface area contributed by atoms with Crippen molar-refractivity contribution in [3.63, 3.8) is 0 Å². The van der Waals surface area contributed by atoms with Crippen LogP contribution in [-0.4, -0.2) is 31.7 Å². The van der Waals surface area contributed by atoms with Crippen molar-refractivity contribution in [3.8, 4) is 11.5 Å². The lowest BCUT2D eigenvalue weighted by atomic mass is 9.81. The fraction of sp³-hybridized carbons (Fsp3) is 0.211. The second-order valence-corrected chi connectivity index (χ2v) is 5.91. The van der Waals surface area contributed by atoms with Crippen molar-refractivity contribution in [1.82, 2.24) is 0 Å². The van der Waals surface area contributed by atoms with Gasteiger partial charge in [-0.1, -0.05) is 24.3 Å². The average molecular weight is 368 g/mol. The first-order valence-corrected chi connectivity index (χ1v) is 7.99. The van der Waals surface area contributed by atoms with Gasteiger partial charge < -0.3 is 9.47 Å². The number of rotatable bonds is 4. The highest BCUT2D eigenvalue weighted by Gasteiger charge is 2.39. The van der Waals surface area contributed by atoms with Gasteiger partial charge in [0.25, 0.3) is 0 Å². The highest BCUT2D eigenvalue weighted by atomic mass is 16.5. The van der Waals surface area contributed by atoms with Crippen LogP contribution >= 0.6 is 0 Å². The lowest BCUT2D eigenvalue weighted by molar-refractivity contribution is -0.116. The minimum atomic E-state index is -0.677. The van der Waals surface area contributed by atoms with E-state index in [0.717, 1.165) is 6.92 Å². The number of methoxy groups -OCH3 is 2. The molecule has 1 aliphatic carbocycles. The first-order valence-electron chi connectivity index (χ1n) is 7.99. The highest BCUT2D eigenvalue weighted by molar-refractivity contribution is 6.31. The summed E-state index contributed by atoms with van der Waals surface area (Å²) in [7, 11) is 2.62. The number of hydrogen-bond acceptors (Lipinski definition) is 7. The van der Waals surface area contributed by atoms with E-state index in [-0.39, 0.29) is 45.0 Å². The van der Waals surface area contributed by atoms with E-state index >= 15 is 0 Å². The minimum absolute atomic E-state index is 0.0314. The van der Waals surface area contributed by atoms with Gasteiger partial charge in [0.1, 0.15) is 11.4 Å². The molecule has 138 valence electrons. The molecule has 0 unspecified atom stereocenters. The van der Waals surface area contributed by atoms with Crippen LogP contribution in [-0.2, 0) is 4.79 Å². The SMILES string of the molecule is COc1c(C)c(N(N=O)C(C)=O)c(OC)c2c1C(=O)c1ccccc1C2=O. The molecule has 0 bridgehead atoms. The molecule has 27 heavy (non-hydrogen) atoms. The summed E-state index contributed by atoms with van der Waals surface area (Å²) in [6.45, 7) is 2.70. The molecule has 1 amide bonds. The van der Waals surface area contributed by atoms with E-state index < -0.39 is 17.5 Å². The summed E-state index contributed by atoms with van der Waals surface area (Å²) >= 11 is 0. The molecule has 0 N–H and O–H groups in total. The number of carbonyl (C=O) groups excluding carboxylic acids is 3. The number of ketones is 2. The van der Waals surface area contributed by atoms with Gasteiger partial charge in [-0.25, -0.2) is 0 Å². The number of benzene rings is 2. The first kappa shape index (κ1) is 18.2. The van der Waals surface area contributed by atoms with E-state index in [1.54, 1.807) is 25.1 Å². The maximum absolute atomic E-state index is 13.1. The van der Waals surface area contributed by atoms with Gasteiger partial charge in [0.2, 0.25) is 5.91 Å². The Morgan fingerprint density at radius 3 is 1.85 bits per heavy atom. The van der Waals surface area contributed by atoms with Crippen molar-refractivity contribution in [1.29, 1.82) is 0 Å². The molecule has 0 saturated heterocycles. The van der Waals surface area contributed by atoms with Gasteiger partial charge in [0, 0.05) is 23.6 Å². The van der Waals surface area contributed by atoms with Crippen molar-refractivity contribution < 1.29 is 23.9 Å².